The van der Waals surface area contributed by atoms with Crippen LogP contribution in [-0.4, -0.2) is 6.29 Å². The summed E-state index contributed by atoms with van der Waals surface area (Å²) in [5, 5.41) is 0. The van der Waals surface area contributed by atoms with Crippen molar-refractivity contribution in [2.45, 2.75) is 32.1 Å². The molecule has 0 aliphatic heterocycles. The van der Waals surface area contributed by atoms with E-state index in [4.69, 9.17) is 0 Å². The first kappa shape index (κ1) is 8.41. The van der Waals surface area contributed by atoms with Gasteiger partial charge < -0.3 is 0 Å². The molecule has 0 bridgehead atoms. The first-order valence-electron chi connectivity index (χ1n) is 3.37. The molecule has 0 saturated carbocycles. The standard InChI is InChI=1S/C8H13O/c1-2-3-4-5-6-7-8-9/h2H,1,3-7H2. The molecule has 0 amide bonds. The van der Waals surface area contributed by atoms with Gasteiger partial charge in [-0.2, -0.15) is 0 Å². The van der Waals surface area contributed by atoms with Gasteiger partial charge in [-0.15, -0.1) is 6.58 Å². The van der Waals surface area contributed by atoms with Gasteiger partial charge in [0.15, 0.2) is 6.29 Å². The predicted molar refractivity (Wildman–Crippen MR) is 39.0 cm³/mol. The lowest BCUT2D eigenvalue weighted by molar-refractivity contribution is 0.545. The van der Waals surface area contributed by atoms with Crippen molar-refractivity contribution >= 4 is 6.29 Å². The average molecular weight is 125 g/mol. The molecule has 0 saturated heterocycles. The van der Waals surface area contributed by atoms with Crippen molar-refractivity contribution in [3.63, 3.8) is 0 Å². The van der Waals surface area contributed by atoms with Crippen LogP contribution in [0.25, 0.3) is 0 Å². The second-order valence-electron chi connectivity index (χ2n) is 2.03. The Morgan fingerprint density at radius 3 is 2.67 bits per heavy atom. The van der Waals surface area contributed by atoms with Crippen molar-refractivity contribution in [1.82, 2.24) is 0 Å². The molecule has 0 aromatic heterocycles. The third-order valence-electron chi connectivity index (χ3n) is 1.19. The largest absolute Gasteiger partial charge is 0.291 e. The Morgan fingerprint density at radius 2 is 2.11 bits per heavy atom. The molecule has 0 N–H and O–H groups in total. The number of hydrogen-bond acceptors (Lipinski definition) is 1. The van der Waals surface area contributed by atoms with Gasteiger partial charge in [-0.3, -0.25) is 4.79 Å². The minimum absolute atomic E-state index is 0.594. The van der Waals surface area contributed by atoms with Crippen LogP contribution in [0.5, 0.6) is 0 Å². The lowest BCUT2D eigenvalue weighted by Gasteiger charge is -1.90. The molecular weight excluding hydrogens is 112 g/mol. The highest BCUT2D eigenvalue weighted by molar-refractivity contribution is 5.50. The van der Waals surface area contributed by atoms with Crippen LogP contribution >= 0.6 is 0 Å². The third-order valence-corrected chi connectivity index (χ3v) is 1.19. The molecule has 0 aromatic rings. The fourth-order valence-electron chi connectivity index (χ4n) is 0.663. The molecule has 51 valence electrons. The minimum Gasteiger partial charge on any atom is -0.291 e. The molecule has 1 nitrogen and oxygen atoms in total. The van der Waals surface area contributed by atoms with E-state index in [2.05, 4.69) is 6.58 Å². The van der Waals surface area contributed by atoms with Crippen molar-refractivity contribution in [1.29, 1.82) is 0 Å². The van der Waals surface area contributed by atoms with Crippen LogP contribution in [0, 0.1) is 0 Å². The smallest absolute Gasteiger partial charge is 0.198 e. The minimum atomic E-state index is 0.594. The molecule has 0 rings (SSSR count). The summed E-state index contributed by atoms with van der Waals surface area (Å²) in [5.74, 6) is 0. The summed E-state index contributed by atoms with van der Waals surface area (Å²) in [6.45, 7) is 3.60. The van der Waals surface area contributed by atoms with Crippen molar-refractivity contribution in [2.75, 3.05) is 0 Å². The normalized spacial score (nSPS) is 8.89. The van der Waals surface area contributed by atoms with E-state index in [0.29, 0.717) is 6.42 Å². The number of unbranched alkanes of at least 4 members (excludes halogenated alkanes) is 4. The summed E-state index contributed by atoms with van der Waals surface area (Å²) >= 11 is 0. The quantitative estimate of drug-likeness (QED) is 0.393. The summed E-state index contributed by atoms with van der Waals surface area (Å²) in [6.07, 6.45) is 8.71. The zero-order valence-electron chi connectivity index (χ0n) is 5.73. The zero-order valence-corrected chi connectivity index (χ0v) is 5.73. The lowest BCUT2D eigenvalue weighted by Crippen LogP contribution is -1.76. The molecule has 0 aliphatic carbocycles. The van der Waals surface area contributed by atoms with E-state index in [1.54, 1.807) is 0 Å². The van der Waals surface area contributed by atoms with E-state index in [1.807, 2.05) is 12.4 Å². The van der Waals surface area contributed by atoms with E-state index >= 15 is 0 Å². The summed E-state index contributed by atoms with van der Waals surface area (Å²) in [6, 6.07) is 0. The van der Waals surface area contributed by atoms with Crippen LogP contribution in [0.3, 0.4) is 0 Å². The first-order chi connectivity index (χ1) is 4.41. The number of allylic oxidation sites excluding steroid dienone is 1. The van der Waals surface area contributed by atoms with Gasteiger partial charge >= 0.3 is 0 Å². The van der Waals surface area contributed by atoms with Crippen LogP contribution in [0.15, 0.2) is 12.7 Å². The summed E-state index contributed by atoms with van der Waals surface area (Å²) < 4.78 is 0. The topological polar surface area (TPSA) is 17.1 Å². The predicted octanol–water partition coefficient (Wildman–Crippen LogP) is 2.23. The maximum atomic E-state index is 9.69. The molecule has 0 heterocycles. The molecular formula is C8H13O. The second kappa shape index (κ2) is 7.41. The highest BCUT2D eigenvalue weighted by Crippen LogP contribution is 2.00. The Bertz CT molecular complexity index is 66.6. The SMILES string of the molecule is C=CCCCCC[C]=O. The highest BCUT2D eigenvalue weighted by atomic mass is 16.1. The number of rotatable bonds is 6. The molecule has 1 radical (unpaired) electrons. The molecule has 0 atom stereocenters. The Hall–Kier alpha value is -0.590. The third kappa shape index (κ3) is 7.41. The Morgan fingerprint density at radius 1 is 1.33 bits per heavy atom. The van der Waals surface area contributed by atoms with E-state index in [9.17, 15) is 4.79 Å². The van der Waals surface area contributed by atoms with Crippen molar-refractivity contribution in [3.05, 3.63) is 12.7 Å². The summed E-state index contributed by atoms with van der Waals surface area (Å²) in [7, 11) is 0. The second-order valence-corrected chi connectivity index (χ2v) is 2.03. The van der Waals surface area contributed by atoms with Crippen LogP contribution in [0.4, 0.5) is 0 Å². The molecule has 0 aliphatic rings. The van der Waals surface area contributed by atoms with E-state index in [1.165, 1.54) is 0 Å². The van der Waals surface area contributed by atoms with Crippen LogP contribution in [-0.2, 0) is 4.79 Å². The fourth-order valence-corrected chi connectivity index (χ4v) is 0.663. The van der Waals surface area contributed by atoms with Gasteiger partial charge in [-0.1, -0.05) is 12.5 Å². The van der Waals surface area contributed by atoms with Gasteiger partial charge in [0.25, 0.3) is 0 Å². The van der Waals surface area contributed by atoms with Gasteiger partial charge in [0.2, 0.25) is 0 Å². The molecule has 0 spiro atoms. The highest BCUT2D eigenvalue weighted by Gasteiger charge is 1.85. The van der Waals surface area contributed by atoms with Crippen molar-refractivity contribution in [3.8, 4) is 0 Å². The summed E-state index contributed by atoms with van der Waals surface area (Å²) in [4.78, 5) is 9.69. The van der Waals surface area contributed by atoms with Crippen LogP contribution in [0.1, 0.15) is 32.1 Å². The lowest BCUT2D eigenvalue weighted by atomic mass is 10.1. The van der Waals surface area contributed by atoms with Gasteiger partial charge in [0.05, 0.1) is 0 Å². The molecule has 0 fully saturated rings. The number of carbonyl (C=O) groups excluding carboxylic acids is 1. The molecule has 9 heavy (non-hydrogen) atoms. The maximum Gasteiger partial charge on any atom is 0.198 e. The molecule has 1 heteroatoms. The maximum absolute atomic E-state index is 9.69. The van der Waals surface area contributed by atoms with Gasteiger partial charge in [0, 0.05) is 6.42 Å². The van der Waals surface area contributed by atoms with Crippen LogP contribution in [0.2, 0.25) is 0 Å². The van der Waals surface area contributed by atoms with E-state index in [-0.39, 0.29) is 0 Å². The summed E-state index contributed by atoms with van der Waals surface area (Å²) in [5.41, 5.74) is 0. The van der Waals surface area contributed by atoms with Gasteiger partial charge in [-0.05, 0) is 19.3 Å². The van der Waals surface area contributed by atoms with Crippen molar-refractivity contribution in [2.24, 2.45) is 0 Å². The van der Waals surface area contributed by atoms with Crippen molar-refractivity contribution < 1.29 is 4.79 Å². The first-order valence-corrected chi connectivity index (χ1v) is 3.37. The van der Waals surface area contributed by atoms with Crippen LogP contribution < -0.4 is 0 Å². The molecule has 0 aromatic carbocycles. The fraction of sp³-hybridized carbons (Fsp3) is 0.625. The Balaban J connectivity index is 2.74. The Kier molecular flexibility index (Phi) is 6.92. The van der Waals surface area contributed by atoms with Gasteiger partial charge in [-0.25, -0.2) is 0 Å². The van der Waals surface area contributed by atoms with Gasteiger partial charge in [0.1, 0.15) is 0 Å². The van der Waals surface area contributed by atoms with E-state index < -0.39 is 0 Å². The number of hydrogen-bond donors (Lipinski definition) is 0. The molecule has 0 unspecified atom stereocenters. The average Bonchev–Trinajstić information content (AvgIpc) is 1.89. The Labute approximate surface area is 56.8 Å². The zero-order chi connectivity index (χ0) is 6.95. The van der Waals surface area contributed by atoms with E-state index in [0.717, 1.165) is 25.7 Å². The monoisotopic (exact) mass is 125 g/mol.